The summed E-state index contributed by atoms with van der Waals surface area (Å²) >= 11 is 0. The Hall–Kier alpha value is -4.15. The van der Waals surface area contributed by atoms with E-state index in [0.29, 0.717) is 22.6 Å². The van der Waals surface area contributed by atoms with Gasteiger partial charge in [-0.05, 0) is 24.3 Å². The Kier molecular flexibility index (Phi) is 6.42. The first kappa shape index (κ1) is 20.6. The molecule has 2 N–H and O–H groups in total. The topological polar surface area (TPSA) is 119 Å². The lowest BCUT2D eigenvalue weighted by molar-refractivity contribution is -0.0528. The third kappa shape index (κ3) is 5.22. The number of pyridine rings is 1. The average molecular weight is 415 g/mol. The molecule has 0 aliphatic carbocycles. The Balaban J connectivity index is 1.70. The fourth-order valence-corrected chi connectivity index (χ4v) is 2.29. The second kappa shape index (κ2) is 9.37. The number of phenolic OH excluding ortho intramolecular Hbond substituents is 1. The molecule has 1 amide bonds. The van der Waals surface area contributed by atoms with E-state index in [2.05, 4.69) is 30.2 Å². The van der Waals surface area contributed by atoms with Crippen LogP contribution in [0.25, 0.3) is 11.3 Å². The Bertz CT molecular complexity index is 1060. The predicted molar refractivity (Wildman–Crippen MR) is 102 cm³/mol. The van der Waals surface area contributed by atoms with Crippen molar-refractivity contribution in [3.63, 3.8) is 0 Å². The number of hydrogen-bond acceptors (Lipinski definition) is 8. The van der Waals surface area contributed by atoms with E-state index in [1.54, 1.807) is 12.1 Å². The maximum absolute atomic E-state index is 12.3. The number of carbonyl (C=O) groups is 1. The average Bonchev–Trinajstić information content (AvgIpc) is 2.75. The van der Waals surface area contributed by atoms with Gasteiger partial charge in [0.15, 0.2) is 0 Å². The predicted octanol–water partition coefficient (Wildman–Crippen LogP) is 2.62. The number of phenols is 1. The highest BCUT2D eigenvalue weighted by Gasteiger charge is 2.11. The summed E-state index contributed by atoms with van der Waals surface area (Å²) in [4.78, 5) is 24.1. The number of hydrazone groups is 1. The number of hydrogen-bond donors (Lipinski definition) is 2. The van der Waals surface area contributed by atoms with Gasteiger partial charge in [0.2, 0.25) is 5.88 Å². The summed E-state index contributed by atoms with van der Waals surface area (Å²) in [5.74, 6) is -0.417. The van der Waals surface area contributed by atoms with E-state index in [0.717, 1.165) is 0 Å². The molecule has 0 aliphatic heterocycles. The van der Waals surface area contributed by atoms with Crippen LogP contribution in [0.1, 0.15) is 16.1 Å². The van der Waals surface area contributed by atoms with Gasteiger partial charge in [0.25, 0.3) is 5.91 Å². The molecule has 3 aromatic rings. The molecule has 0 fully saturated rings. The number of alkyl halides is 2. The minimum absolute atomic E-state index is 0.0348. The van der Waals surface area contributed by atoms with Crippen LogP contribution >= 0.6 is 0 Å². The quantitative estimate of drug-likeness (QED) is 0.450. The molecular formula is C19H15F2N5O4. The lowest BCUT2D eigenvalue weighted by Gasteiger charge is -2.05. The molecule has 154 valence electrons. The smallest absolute Gasteiger partial charge is 0.388 e. The van der Waals surface area contributed by atoms with Gasteiger partial charge < -0.3 is 14.6 Å². The molecule has 0 saturated carbocycles. The normalized spacial score (nSPS) is 10.9. The molecule has 2 heterocycles. The Morgan fingerprint density at radius 3 is 2.77 bits per heavy atom. The minimum Gasteiger partial charge on any atom is -0.507 e. The van der Waals surface area contributed by atoms with Gasteiger partial charge in [-0.3, -0.25) is 9.78 Å². The lowest BCUT2D eigenvalue weighted by atomic mass is 10.2. The number of nitrogens with one attached hydrogen (secondary N) is 1. The first-order chi connectivity index (χ1) is 14.5. The first-order valence-corrected chi connectivity index (χ1v) is 8.40. The van der Waals surface area contributed by atoms with Crippen LogP contribution in [0.3, 0.4) is 0 Å². The van der Waals surface area contributed by atoms with Gasteiger partial charge >= 0.3 is 6.61 Å². The molecule has 0 unspecified atom stereocenters. The third-order valence-corrected chi connectivity index (χ3v) is 3.71. The zero-order valence-electron chi connectivity index (χ0n) is 15.5. The Labute approximate surface area is 169 Å². The van der Waals surface area contributed by atoms with Crippen molar-refractivity contribution in [2.45, 2.75) is 6.61 Å². The van der Waals surface area contributed by atoms with Gasteiger partial charge in [-0.25, -0.2) is 15.4 Å². The number of nitrogens with zero attached hydrogens (tertiary/aromatic N) is 4. The molecule has 0 atom stereocenters. The van der Waals surface area contributed by atoms with E-state index in [4.69, 9.17) is 4.74 Å². The number of rotatable bonds is 7. The molecule has 9 nitrogen and oxygen atoms in total. The van der Waals surface area contributed by atoms with Gasteiger partial charge in [-0.2, -0.15) is 13.9 Å². The molecule has 2 aromatic heterocycles. The van der Waals surface area contributed by atoms with E-state index < -0.39 is 12.5 Å². The number of ether oxygens (including phenoxy) is 2. The van der Waals surface area contributed by atoms with Crippen molar-refractivity contribution in [2.75, 3.05) is 7.11 Å². The van der Waals surface area contributed by atoms with Gasteiger partial charge in [0, 0.05) is 23.4 Å². The first-order valence-electron chi connectivity index (χ1n) is 8.40. The number of amides is 1. The highest BCUT2D eigenvalue weighted by atomic mass is 19.3. The SMILES string of the molecule is COc1ccc(O)c(/C=N/NC(=O)c2cncc(-c3ccc(OC(F)F)nc3)n2)c1. The molecule has 0 bridgehead atoms. The van der Waals surface area contributed by atoms with Gasteiger partial charge in [0.05, 0.1) is 31.4 Å². The van der Waals surface area contributed by atoms with Crippen molar-refractivity contribution in [3.05, 3.63) is 60.2 Å². The third-order valence-electron chi connectivity index (χ3n) is 3.71. The monoisotopic (exact) mass is 415 g/mol. The Morgan fingerprint density at radius 2 is 2.07 bits per heavy atom. The second-order valence-electron chi connectivity index (χ2n) is 5.68. The summed E-state index contributed by atoms with van der Waals surface area (Å²) in [6, 6.07) is 7.26. The Morgan fingerprint density at radius 1 is 1.23 bits per heavy atom. The fourth-order valence-electron chi connectivity index (χ4n) is 2.29. The molecule has 30 heavy (non-hydrogen) atoms. The van der Waals surface area contributed by atoms with Crippen molar-refractivity contribution < 1.29 is 28.2 Å². The van der Waals surface area contributed by atoms with Gasteiger partial charge in [0.1, 0.15) is 17.2 Å². The molecule has 0 spiro atoms. The lowest BCUT2D eigenvalue weighted by Crippen LogP contribution is -2.19. The van der Waals surface area contributed by atoms with E-state index in [-0.39, 0.29) is 17.3 Å². The van der Waals surface area contributed by atoms with E-state index in [9.17, 15) is 18.7 Å². The second-order valence-corrected chi connectivity index (χ2v) is 5.68. The van der Waals surface area contributed by atoms with Crippen LogP contribution in [-0.4, -0.2) is 45.9 Å². The zero-order chi connectivity index (χ0) is 21.5. The minimum atomic E-state index is -2.98. The standard InChI is InChI=1S/C19H15F2N5O4/c1-29-13-3-4-16(27)12(6-13)8-24-26-18(28)15-10-22-9-14(25-15)11-2-5-17(23-7-11)30-19(20)21/h2-10,19,27H,1H3,(H,26,28)/b24-8+. The maximum Gasteiger partial charge on any atom is 0.388 e. The highest BCUT2D eigenvalue weighted by Crippen LogP contribution is 2.21. The zero-order valence-corrected chi connectivity index (χ0v) is 15.5. The van der Waals surface area contributed by atoms with E-state index >= 15 is 0 Å². The van der Waals surface area contributed by atoms with Crippen LogP contribution in [0.5, 0.6) is 17.4 Å². The molecular weight excluding hydrogens is 400 g/mol. The molecule has 11 heteroatoms. The molecule has 0 saturated heterocycles. The summed E-state index contributed by atoms with van der Waals surface area (Å²) in [6.45, 7) is -2.98. The number of halogens is 2. The highest BCUT2D eigenvalue weighted by molar-refractivity contribution is 5.93. The van der Waals surface area contributed by atoms with Crippen LogP contribution in [0.15, 0.2) is 54.0 Å². The number of aromatic nitrogens is 3. The van der Waals surface area contributed by atoms with Crippen molar-refractivity contribution >= 4 is 12.1 Å². The number of methoxy groups -OCH3 is 1. The van der Waals surface area contributed by atoms with Gasteiger partial charge in [-0.15, -0.1) is 0 Å². The molecule has 0 aliphatic rings. The maximum atomic E-state index is 12.3. The number of benzene rings is 1. The number of carbonyl (C=O) groups excluding carboxylic acids is 1. The summed E-state index contributed by atoms with van der Waals surface area (Å²) < 4.78 is 33.6. The number of aromatic hydroxyl groups is 1. The van der Waals surface area contributed by atoms with Crippen LogP contribution in [0, 0.1) is 0 Å². The summed E-state index contributed by atoms with van der Waals surface area (Å²) in [6.07, 6.45) is 5.14. The molecule has 1 aromatic carbocycles. The largest absolute Gasteiger partial charge is 0.507 e. The molecule has 0 radical (unpaired) electrons. The van der Waals surface area contributed by atoms with Crippen molar-refractivity contribution in [1.82, 2.24) is 20.4 Å². The summed E-state index contributed by atoms with van der Waals surface area (Å²) in [7, 11) is 1.48. The van der Waals surface area contributed by atoms with Crippen LogP contribution < -0.4 is 14.9 Å². The van der Waals surface area contributed by atoms with Crippen molar-refractivity contribution in [3.8, 4) is 28.6 Å². The van der Waals surface area contributed by atoms with E-state index in [1.165, 1.54) is 50.1 Å². The van der Waals surface area contributed by atoms with Crippen LogP contribution in [-0.2, 0) is 0 Å². The van der Waals surface area contributed by atoms with Gasteiger partial charge in [-0.1, -0.05) is 0 Å². The van der Waals surface area contributed by atoms with Crippen LogP contribution in [0.4, 0.5) is 8.78 Å². The molecule has 3 rings (SSSR count). The van der Waals surface area contributed by atoms with Crippen molar-refractivity contribution in [2.24, 2.45) is 5.10 Å². The van der Waals surface area contributed by atoms with Crippen LogP contribution in [0.2, 0.25) is 0 Å². The fraction of sp³-hybridized carbons (Fsp3) is 0.105. The summed E-state index contributed by atoms with van der Waals surface area (Å²) in [5, 5.41) is 13.6. The summed E-state index contributed by atoms with van der Waals surface area (Å²) in [5.41, 5.74) is 3.33. The van der Waals surface area contributed by atoms with Crippen molar-refractivity contribution in [1.29, 1.82) is 0 Å². The van der Waals surface area contributed by atoms with E-state index in [1.807, 2.05) is 0 Å².